The van der Waals surface area contributed by atoms with Crippen LogP contribution in [0.3, 0.4) is 0 Å². The summed E-state index contributed by atoms with van der Waals surface area (Å²) in [5.74, 6) is 6.29. The molecule has 1 aliphatic rings. The van der Waals surface area contributed by atoms with Crippen LogP contribution in [0.4, 0.5) is 5.69 Å². The first-order chi connectivity index (χ1) is 8.70. The number of rotatable bonds is 4. The van der Waals surface area contributed by atoms with Gasteiger partial charge in [-0.1, -0.05) is 17.7 Å². The minimum absolute atomic E-state index is 0.0744. The summed E-state index contributed by atoms with van der Waals surface area (Å²) in [6, 6.07) is 5.64. The smallest absolute Gasteiger partial charge is 0.0483 e. The molecule has 0 amide bonds. The van der Waals surface area contributed by atoms with Gasteiger partial charge in [-0.3, -0.25) is 11.3 Å². The number of nitrogens with one attached hydrogen (secondary N) is 1. The third-order valence-electron chi connectivity index (χ3n) is 3.54. The minimum atomic E-state index is 0.0744. The number of nitrogen functional groups attached to an aromatic ring is 1. The van der Waals surface area contributed by atoms with Gasteiger partial charge in [0.1, 0.15) is 0 Å². The van der Waals surface area contributed by atoms with Crippen molar-refractivity contribution < 1.29 is 4.74 Å². The molecule has 1 saturated heterocycles. The molecule has 0 radical (unpaired) electrons. The molecule has 2 rings (SSSR count). The van der Waals surface area contributed by atoms with Crippen LogP contribution in [0.15, 0.2) is 18.2 Å². The fraction of sp³-hybridized carbons (Fsp3) is 0.538. The molecule has 1 aliphatic heterocycles. The highest BCUT2D eigenvalue weighted by atomic mass is 35.5. The summed E-state index contributed by atoms with van der Waals surface area (Å²) < 4.78 is 5.37. The van der Waals surface area contributed by atoms with Crippen LogP contribution in [-0.2, 0) is 4.74 Å². The zero-order valence-corrected chi connectivity index (χ0v) is 11.1. The van der Waals surface area contributed by atoms with Gasteiger partial charge in [-0.05, 0) is 42.9 Å². The van der Waals surface area contributed by atoms with Crippen molar-refractivity contribution in [3.05, 3.63) is 28.8 Å². The van der Waals surface area contributed by atoms with Crippen molar-refractivity contribution in [3.63, 3.8) is 0 Å². The van der Waals surface area contributed by atoms with Crippen LogP contribution in [0.1, 0.15) is 30.9 Å². The molecule has 1 unspecified atom stereocenters. The molecule has 0 saturated carbocycles. The van der Waals surface area contributed by atoms with Gasteiger partial charge in [0.15, 0.2) is 0 Å². The van der Waals surface area contributed by atoms with Crippen LogP contribution in [0.5, 0.6) is 0 Å². The fourth-order valence-electron chi connectivity index (χ4n) is 2.46. The summed E-state index contributed by atoms with van der Waals surface area (Å²) in [6.45, 7) is 1.69. The van der Waals surface area contributed by atoms with Crippen molar-refractivity contribution in [3.8, 4) is 0 Å². The van der Waals surface area contributed by atoms with E-state index in [1.165, 1.54) is 0 Å². The monoisotopic (exact) mass is 269 g/mol. The average Bonchev–Trinajstić information content (AvgIpc) is 2.38. The number of halogens is 1. The Balaban J connectivity index is 2.07. The number of hydrazine groups is 1. The Bertz CT molecular complexity index is 394. The van der Waals surface area contributed by atoms with Crippen molar-refractivity contribution in [2.45, 2.75) is 25.3 Å². The molecular formula is C13H20ClN3O. The first kappa shape index (κ1) is 13.6. The Morgan fingerprint density at radius 2 is 2.11 bits per heavy atom. The van der Waals surface area contributed by atoms with Crippen LogP contribution in [0, 0.1) is 5.92 Å². The largest absolute Gasteiger partial charge is 0.398 e. The molecule has 4 nitrogen and oxygen atoms in total. The lowest BCUT2D eigenvalue weighted by molar-refractivity contribution is 0.0605. The standard InChI is InChI=1S/C13H20ClN3O/c14-10-1-2-11(12(15)8-10)13(17-16)7-9-3-5-18-6-4-9/h1-2,8-9,13,17H,3-7,15-16H2. The van der Waals surface area contributed by atoms with E-state index in [2.05, 4.69) is 5.43 Å². The van der Waals surface area contributed by atoms with E-state index < -0.39 is 0 Å². The normalized spacial score (nSPS) is 18.8. The molecule has 1 fully saturated rings. The summed E-state index contributed by atoms with van der Waals surface area (Å²) in [5.41, 5.74) is 10.6. The minimum Gasteiger partial charge on any atom is -0.398 e. The van der Waals surface area contributed by atoms with Gasteiger partial charge in [-0.25, -0.2) is 0 Å². The molecule has 0 aliphatic carbocycles. The molecule has 1 heterocycles. The maximum Gasteiger partial charge on any atom is 0.0483 e. The van der Waals surface area contributed by atoms with Crippen molar-refractivity contribution >= 4 is 17.3 Å². The first-order valence-corrected chi connectivity index (χ1v) is 6.67. The van der Waals surface area contributed by atoms with Crippen molar-refractivity contribution in [1.82, 2.24) is 5.43 Å². The SMILES string of the molecule is NNC(CC1CCOCC1)c1ccc(Cl)cc1N. The summed E-state index contributed by atoms with van der Waals surface area (Å²) in [5, 5.41) is 0.651. The van der Waals surface area contributed by atoms with Crippen molar-refractivity contribution in [1.29, 1.82) is 0 Å². The molecule has 100 valence electrons. The van der Waals surface area contributed by atoms with Gasteiger partial charge < -0.3 is 10.5 Å². The van der Waals surface area contributed by atoms with Gasteiger partial charge in [0.05, 0.1) is 0 Å². The molecular weight excluding hydrogens is 250 g/mol. The Labute approximate surface area is 113 Å². The predicted molar refractivity (Wildman–Crippen MR) is 74.1 cm³/mol. The second kappa shape index (κ2) is 6.38. The number of benzene rings is 1. The predicted octanol–water partition coefficient (Wildman–Crippen LogP) is 2.24. The quantitative estimate of drug-likeness (QED) is 0.445. The van der Waals surface area contributed by atoms with E-state index in [0.717, 1.165) is 38.0 Å². The number of anilines is 1. The molecule has 5 N–H and O–H groups in total. The lowest BCUT2D eigenvalue weighted by atomic mass is 9.89. The molecule has 0 aromatic heterocycles. The van der Waals surface area contributed by atoms with Gasteiger partial charge >= 0.3 is 0 Å². The molecule has 18 heavy (non-hydrogen) atoms. The van der Waals surface area contributed by atoms with Crippen LogP contribution in [0.25, 0.3) is 0 Å². The van der Waals surface area contributed by atoms with E-state index >= 15 is 0 Å². The number of hydrogen-bond acceptors (Lipinski definition) is 4. The van der Waals surface area contributed by atoms with E-state index in [1.54, 1.807) is 6.07 Å². The summed E-state index contributed by atoms with van der Waals surface area (Å²) in [6.07, 6.45) is 3.16. The van der Waals surface area contributed by atoms with E-state index in [-0.39, 0.29) is 6.04 Å². The second-order valence-corrected chi connectivity index (χ2v) is 5.22. The second-order valence-electron chi connectivity index (χ2n) is 4.78. The maximum absolute atomic E-state index is 6.00. The molecule has 0 bridgehead atoms. The van der Waals surface area contributed by atoms with Crippen molar-refractivity contribution in [2.75, 3.05) is 18.9 Å². The van der Waals surface area contributed by atoms with Crippen LogP contribution >= 0.6 is 11.6 Å². The van der Waals surface area contributed by atoms with Crippen LogP contribution in [-0.4, -0.2) is 13.2 Å². The van der Waals surface area contributed by atoms with E-state index in [1.807, 2.05) is 12.1 Å². The van der Waals surface area contributed by atoms with Crippen LogP contribution in [0.2, 0.25) is 5.02 Å². The summed E-state index contributed by atoms with van der Waals surface area (Å²) in [7, 11) is 0. The van der Waals surface area contributed by atoms with E-state index in [0.29, 0.717) is 16.6 Å². The number of nitrogens with two attached hydrogens (primary N) is 2. The zero-order chi connectivity index (χ0) is 13.0. The van der Waals surface area contributed by atoms with Gasteiger partial charge in [0, 0.05) is 30.0 Å². The third-order valence-corrected chi connectivity index (χ3v) is 3.77. The van der Waals surface area contributed by atoms with Crippen molar-refractivity contribution in [2.24, 2.45) is 11.8 Å². The van der Waals surface area contributed by atoms with Gasteiger partial charge in [-0.2, -0.15) is 0 Å². The fourth-order valence-corrected chi connectivity index (χ4v) is 2.64. The first-order valence-electron chi connectivity index (χ1n) is 6.29. The summed E-state index contributed by atoms with van der Waals surface area (Å²) >= 11 is 5.91. The highest BCUT2D eigenvalue weighted by Gasteiger charge is 2.21. The third kappa shape index (κ3) is 3.36. The zero-order valence-electron chi connectivity index (χ0n) is 10.4. The molecule has 5 heteroatoms. The Morgan fingerprint density at radius 1 is 1.39 bits per heavy atom. The lowest BCUT2D eigenvalue weighted by Gasteiger charge is -2.27. The number of ether oxygens (including phenoxy) is 1. The maximum atomic E-state index is 6.00. The molecule has 1 aromatic rings. The Morgan fingerprint density at radius 3 is 2.72 bits per heavy atom. The lowest BCUT2D eigenvalue weighted by Crippen LogP contribution is -2.31. The molecule has 0 spiro atoms. The van der Waals surface area contributed by atoms with Gasteiger partial charge in [0.2, 0.25) is 0 Å². The Hall–Kier alpha value is -0.810. The molecule has 1 atom stereocenters. The molecule has 1 aromatic carbocycles. The average molecular weight is 270 g/mol. The Kier molecular flexibility index (Phi) is 4.83. The topological polar surface area (TPSA) is 73.3 Å². The summed E-state index contributed by atoms with van der Waals surface area (Å²) in [4.78, 5) is 0. The van der Waals surface area contributed by atoms with Gasteiger partial charge in [-0.15, -0.1) is 0 Å². The van der Waals surface area contributed by atoms with Gasteiger partial charge in [0.25, 0.3) is 0 Å². The van der Waals surface area contributed by atoms with E-state index in [9.17, 15) is 0 Å². The highest BCUT2D eigenvalue weighted by molar-refractivity contribution is 6.30. The van der Waals surface area contributed by atoms with E-state index in [4.69, 9.17) is 27.9 Å². The van der Waals surface area contributed by atoms with Crippen LogP contribution < -0.4 is 17.0 Å². The highest BCUT2D eigenvalue weighted by Crippen LogP contribution is 2.31. The number of hydrogen-bond donors (Lipinski definition) is 3.